The van der Waals surface area contributed by atoms with Crippen LogP contribution in [0.3, 0.4) is 0 Å². The van der Waals surface area contributed by atoms with E-state index in [1.807, 2.05) is 31.2 Å². The first-order valence-electron chi connectivity index (χ1n) is 4.32. The molecule has 2 N–H and O–H groups in total. The Hall–Kier alpha value is -1.22. The molecule has 2 nitrogen and oxygen atoms in total. The molecule has 0 amide bonds. The van der Waals surface area contributed by atoms with Gasteiger partial charge in [-0.05, 0) is 26.0 Å². The second kappa shape index (κ2) is 4.72. The van der Waals surface area contributed by atoms with Crippen molar-refractivity contribution >= 4 is 15.5 Å². The lowest BCUT2D eigenvalue weighted by molar-refractivity contribution is 0.601. The van der Waals surface area contributed by atoms with Crippen molar-refractivity contribution in [3.8, 4) is 5.75 Å². The number of hydrogen-bond acceptors (Lipinski definition) is 2. The van der Waals surface area contributed by atoms with Crippen LogP contribution in [-0.2, 0) is 0 Å². The van der Waals surface area contributed by atoms with Gasteiger partial charge in [0, 0.05) is 11.8 Å². The number of rotatable bonds is 3. The van der Waals surface area contributed by atoms with E-state index < -0.39 is 9.76 Å². The summed E-state index contributed by atoms with van der Waals surface area (Å²) in [5, 5.41) is 1.35. The van der Waals surface area contributed by atoms with E-state index in [0.29, 0.717) is 0 Å². The third-order valence-electron chi connectivity index (χ3n) is 1.82. The summed E-state index contributed by atoms with van der Waals surface area (Å²) in [6, 6.07) is 7.56. The zero-order valence-electron chi connectivity index (χ0n) is 8.08. The van der Waals surface area contributed by atoms with Crippen molar-refractivity contribution in [2.75, 3.05) is 5.73 Å². The van der Waals surface area contributed by atoms with Crippen LogP contribution in [0.2, 0.25) is 0 Å². The van der Waals surface area contributed by atoms with Crippen LogP contribution in [0.4, 0.5) is 5.69 Å². The molecule has 0 spiro atoms. The highest BCUT2D eigenvalue weighted by Gasteiger charge is 1.94. The molecule has 0 saturated carbocycles. The highest BCUT2D eigenvalue weighted by molar-refractivity contribution is 6.38. The van der Waals surface area contributed by atoms with Crippen LogP contribution >= 0.6 is 0 Å². The lowest BCUT2D eigenvalue weighted by Gasteiger charge is -2.06. The molecule has 0 unspecified atom stereocenters. The summed E-state index contributed by atoms with van der Waals surface area (Å²) in [5.74, 6) is 0.882. The van der Waals surface area contributed by atoms with Crippen molar-refractivity contribution in [1.82, 2.24) is 0 Å². The van der Waals surface area contributed by atoms with E-state index in [9.17, 15) is 0 Å². The van der Waals surface area contributed by atoms with Crippen LogP contribution in [0.15, 0.2) is 35.5 Å². The average molecular weight is 193 g/mol. The molecule has 0 heterocycles. The lowest BCUT2D eigenvalue weighted by atomic mass is 10.3. The average Bonchev–Trinajstić information content (AvgIpc) is 2.14. The van der Waals surface area contributed by atoms with Crippen molar-refractivity contribution in [3.63, 3.8) is 0 Å². The molecule has 0 aromatic heterocycles. The Morgan fingerprint density at radius 1 is 1.54 bits per heavy atom. The first-order valence-corrected chi connectivity index (χ1v) is 5.61. The van der Waals surface area contributed by atoms with Crippen LogP contribution in [0.25, 0.3) is 0 Å². The summed E-state index contributed by atoms with van der Waals surface area (Å²) in [6.07, 6.45) is 2.10. The van der Waals surface area contributed by atoms with Crippen LogP contribution in [0.5, 0.6) is 5.75 Å². The van der Waals surface area contributed by atoms with Gasteiger partial charge in [-0.1, -0.05) is 17.3 Å². The summed E-state index contributed by atoms with van der Waals surface area (Å²) < 4.78 is 5.63. The van der Waals surface area contributed by atoms with Gasteiger partial charge in [0.25, 0.3) is 0 Å². The summed E-state index contributed by atoms with van der Waals surface area (Å²) >= 11 is 0. The van der Waals surface area contributed by atoms with E-state index in [1.54, 1.807) is 0 Å². The third-order valence-corrected chi connectivity index (χ3v) is 3.16. The molecule has 1 aromatic rings. The lowest BCUT2D eigenvalue weighted by Crippen LogP contribution is -2.03. The van der Waals surface area contributed by atoms with E-state index in [-0.39, 0.29) is 0 Å². The van der Waals surface area contributed by atoms with Crippen LogP contribution in [0, 0.1) is 0 Å². The third kappa shape index (κ3) is 3.34. The fourth-order valence-electron chi connectivity index (χ4n) is 0.885. The number of allylic oxidation sites excluding steroid dienone is 2. The Kier molecular flexibility index (Phi) is 3.58. The SMILES string of the molecule is CC=C(C)[SiH2]Oc1cccc(N)c1. The fraction of sp³-hybridized carbons (Fsp3) is 0.200. The van der Waals surface area contributed by atoms with E-state index in [4.69, 9.17) is 10.2 Å². The minimum Gasteiger partial charge on any atom is -0.545 e. The molecule has 3 heteroatoms. The minimum absolute atomic E-state index is 0.573. The molecule has 0 bridgehead atoms. The van der Waals surface area contributed by atoms with Crippen molar-refractivity contribution in [1.29, 1.82) is 0 Å². The summed E-state index contributed by atoms with van der Waals surface area (Å²) in [4.78, 5) is 0. The van der Waals surface area contributed by atoms with Gasteiger partial charge in [0.2, 0.25) is 9.76 Å². The molecule has 0 aliphatic carbocycles. The molecule has 0 aliphatic rings. The number of hydrogen-bond donors (Lipinski definition) is 1. The molecule has 70 valence electrons. The molecule has 0 aliphatic heterocycles. The van der Waals surface area contributed by atoms with E-state index in [0.717, 1.165) is 11.4 Å². The zero-order valence-corrected chi connectivity index (χ0v) is 9.49. The quantitative estimate of drug-likeness (QED) is 0.585. The highest BCUT2D eigenvalue weighted by Crippen LogP contribution is 2.14. The van der Waals surface area contributed by atoms with Gasteiger partial charge in [-0.3, -0.25) is 0 Å². The second-order valence-electron chi connectivity index (χ2n) is 3.00. The zero-order chi connectivity index (χ0) is 9.68. The maximum Gasteiger partial charge on any atom is 0.246 e. The number of nitrogens with two attached hydrogens (primary N) is 1. The Morgan fingerprint density at radius 3 is 2.92 bits per heavy atom. The van der Waals surface area contributed by atoms with Gasteiger partial charge >= 0.3 is 0 Å². The molecule has 0 atom stereocenters. The first kappa shape index (κ1) is 9.86. The first-order chi connectivity index (χ1) is 6.22. The van der Waals surface area contributed by atoms with Crippen LogP contribution in [0.1, 0.15) is 13.8 Å². The van der Waals surface area contributed by atoms with E-state index in [2.05, 4.69) is 13.0 Å². The van der Waals surface area contributed by atoms with Crippen molar-refractivity contribution in [2.24, 2.45) is 0 Å². The fourth-order valence-corrected chi connectivity index (χ4v) is 1.63. The number of nitrogen functional groups attached to an aromatic ring is 1. The van der Waals surface area contributed by atoms with Crippen molar-refractivity contribution in [3.05, 3.63) is 35.5 Å². The predicted molar refractivity (Wildman–Crippen MR) is 59.5 cm³/mol. The molecule has 0 fully saturated rings. The second-order valence-corrected chi connectivity index (χ2v) is 4.69. The smallest absolute Gasteiger partial charge is 0.246 e. The Bertz CT molecular complexity index is 310. The monoisotopic (exact) mass is 193 g/mol. The summed E-state index contributed by atoms with van der Waals surface area (Å²) in [5.41, 5.74) is 6.37. The predicted octanol–water partition coefficient (Wildman–Crippen LogP) is 1.66. The molecule has 1 aromatic carbocycles. The van der Waals surface area contributed by atoms with Gasteiger partial charge in [-0.25, -0.2) is 0 Å². The number of benzene rings is 1. The Labute approximate surface area is 81.4 Å². The topological polar surface area (TPSA) is 35.2 Å². The van der Waals surface area contributed by atoms with Crippen LogP contribution < -0.4 is 10.2 Å². The summed E-state index contributed by atoms with van der Waals surface area (Å²) in [6.45, 7) is 4.13. The van der Waals surface area contributed by atoms with Crippen molar-refractivity contribution in [2.45, 2.75) is 13.8 Å². The Morgan fingerprint density at radius 2 is 2.31 bits per heavy atom. The minimum atomic E-state index is -0.573. The molecule has 1 rings (SSSR count). The molecular weight excluding hydrogens is 178 g/mol. The van der Waals surface area contributed by atoms with Gasteiger partial charge in [-0.2, -0.15) is 0 Å². The van der Waals surface area contributed by atoms with Crippen molar-refractivity contribution < 1.29 is 4.43 Å². The van der Waals surface area contributed by atoms with Gasteiger partial charge < -0.3 is 10.2 Å². The van der Waals surface area contributed by atoms with Gasteiger partial charge in [0.05, 0.1) is 0 Å². The molecule has 13 heavy (non-hydrogen) atoms. The van der Waals surface area contributed by atoms with Gasteiger partial charge in [0.1, 0.15) is 5.75 Å². The largest absolute Gasteiger partial charge is 0.545 e. The van der Waals surface area contributed by atoms with Gasteiger partial charge in [0.15, 0.2) is 0 Å². The summed E-state index contributed by atoms with van der Waals surface area (Å²) in [7, 11) is -0.573. The molecule has 0 saturated heterocycles. The maximum atomic E-state index is 5.63. The Balaban J connectivity index is 2.55. The molecule has 0 radical (unpaired) electrons. The van der Waals surface area contributed by atoms with E-state index in [1.165, 1.54) is 5.20 Å². The normalized spacial score (nSPS) is 12.3. The number of anilines is 1. The van der Waals surface area contributed by atoms with Gasteiger partial charge in [-0.15, -0.1) is 0 Å². The standard InChI is InChI=1S/C10H15NOSi/c1-3-8(2)13-12-10-6-4-5-9(11)7-10/h3-7H,11,13H2,1-2H3. The highest BCUT2D eigenvalue weighted by atomic mass is 28.2. The van der Waals surface area contributed by atoms with E-state index >= 15 is 0 Å². The van der Waals surface area contributed by atoms with Crippen LogP contribution in [-0.4, -0.2) is 9.76 Å². The molecular formula is C10H15NOSi. The maximum absolute atomic E-state index is 5.63.